The molecular formula is C34H38F3N5O3S. The maximum atomic E-state index is 13.7. The van der Waals surface area contributed by atoms with E-state index < -0.39 is 29.8 Å². The fourth-order valence-corrected chi connectivity index (χ4v) is 5.69. The van der Waals surface area contributed by atoms with Crippen molar-refractivity contribution in [2.45, 2.75) is 44.8 Å². The highest BCUT2D eigenvalue weighted by Gasteiger charge is 2.30. The SMILES string of the molecule is Cc1csc(CN(C)C(=O)c2cc(C(=O)N[C@@H](Cc3ccccc3)[C@H](O)CNCc3cccc(C(F)(F)F)c3)cc(N(C)C)c2)n1. The van der Waals surface area contributed by atoms with E-state index in [2.05, 4.69) is 15.6 Å². The topological polar surface area (TPSA) is 97.8 Å². The van der Waals surface area contributed by atoms with Gasteiger partial charge in [-0.05, 0) is 48.7 Å². The van der Waals surface area contributed by atoms with Crippen LogP contribution in [0.5, 0.6) is 0 Å². The Balaban J connectivity index is 1.51. The summed E-state index contributed by atoms with van der Waals surface area (Å²) < 4.78 is 39.4. The zero-order chi connectivity index (χ0) is 33.4. The molecule has 0 radical (unpaired) electrons. The molecule has 0 saturated carbocycles. The quantitative estimate of drug-likeness (QED) is 0.181. The molecule has 2 atom stereocenters. The van der Waals surface area contributed by atoms with Crippen LogP contribution in [0.2, 0.25) is 0 Å². The van der Waals surface area contributed by atoms with Gasteiger partial charge in [-0.2, -0.15) is 13.2 Å². The van der Waals surface area contributed by atoms with Gasteiger partial charge in [0.05, 0.1) is 24.3 Å². The van der Waals surface area contributed by atoms with E-state index >= 15 is 0 Å². The van der Waals surface area contributed by atoms with Gasteiger partial charge in [-0.1, -0.05) is 48.5 Å². The molecular weight excluding hydrogens is 615 g/mol. The Hall–Kier alpha value is -4.26. The van der Waals surface area contributed by atoms with Crippen LogP contribution in [0.3, 0.4) is 0 Å². The lowest BCUT2D eigenvalue weighted by molar-refractivity contribution is -0.137. The van der Waals surface area contributed by atoms with Crippen LogP contribution < -0.4 is 15.5 Å². The number of aliphatic hydroxyl groups is 1. The molecule has 0 saturated heterocycles. The number of thiazole rings is 1. The Morgan fingerprint density at radius 1 is 0.957 bits per heavy atom. The van der Waals surface area contributed by atoms with Gasteiger partial charge in [-0.3, -0.25) is 9.59 Å². The molecule has 0 aliphatic carbocycles. The fraction of sp³-hybridized carbons (Fsp3) is 0.324. The summed E-state index contributed by atoms with van der Waals surface area (Å²) in [6.07, 6.45) is -5.24. The Labute approximate surface area is 270 Å². The molecule has 46 heavy (non-hydrogen) atoms. The first-order valence-corrected chi connectivity index (χ1v) is 15.6. The first-order chi connectivity index (χ1) is 21.8. The molecule has 8 nitrogen and oxygen atoms in total. The second kappa shape index (κ2) is 15.4. The largest absolute Gasteiger partial charge is 0.416 e. The number of amides is 2. The normalized spacial score (nSPS) is 12.8. The second-order valence-electron chi connectivity index (χ2n) is 11.4. The van der Waals surface area contributed by atoms with E-state index in [1.54, 1.807) is 35.0 Å². The van der Waals surface area contributed by atoms with Gasteiger partial charge in [-0.15, -0.1) is 11.3 Å². The van der Waals surface area contributed by atoms with Gasteiger partial charge in [0, 0.05) is 62.1 Å². The van der Waals surface area contributed by atoms with Crippen molar-refractivity contribution in [3.05, 3.63) is 117 Å². The summed E-state index contributed by atoms with van der Waals surface area (Å²) in [5.74, 6) is -0.751. The number of halogens is 3. The summed E-state index contributed by atoms with van der Waals surface area (Å²) in [7, 11) is 5.30. The zero-order valence-corrected chi connectivity index (χ0v) is 27.0. The highest BCUT2D eigenvalue weighted by atomic mass is 32.1. The Morgan fingerprint density at radius 3 is 2.30 bits per heavy atom. The average Bonchev–Trinajstić information content (AvgIpc) is 3.44. The van der Waals surface area contributed by atoms with Gasteiger partial charge in [0.2, 0.25) is 0 Å². The first kappa shape index (κ1) is 34.6. The molecule has 0 spiro atoms. The molecule has 0 aliphatic rings. The third-order valence-corrected chi connectivity index (χ3v) is 8.30. The fourth-order valence-electron chi connectivity index (χ4n) is 4.86. The van der Waals surface area contributed by atoms with Crippen LogP contribution in [0.1, 0.15) is 48.1 Å². The molecule has 1 heterocycles. The molecule has 0 bridgehead atoms. The molecule has 4 rings (SSSR count). The summed E-state index contributed by atoms with van der Waals surface area (Å²) >= 11 is 1.47. The number of rotatable bonds is 13. The molecule has 1 aromatic heterocycles. The molecule has 4 aromatic rings. The standard InChI is InChI=1S/C34H38F3N5O3S/c1-22-21-46-31(39-22)20-42(4)33(45)26-15-25(16-28(17-26)41(2)3)32(44)40-29(14-23-9-6-5-7-10-23)30(43)19-38-18-24-11-8-12-27(13-24)34(35,36)37/h5-13,15-17,21,29-30,38,43H,14,18-20H2,1-4H3,(H,40,44)/t29-,30+/m0/s1. The van der Waals surface area contributed by atoms with Gasteiger partial charge in [0.1, 0.15) is 5.01 Å². The van der Waals surface area contributed by atoms with Crippen molar-refractivity contribution in [2.75, 3.05) is 32.6 Å². The summed E-state index contributed by atoms with van der Waals surface area (Å²) in [4.78, 5) is 34.9. The molecule has 3 aromatic carbocycles. The first-order valence-electron chi connectivity index (χ1n) is 14.7. The van der Waals surface area contributed by atoms with Crippen molar-refractivity contribution in [1.82, 2.24) is 20.5 Å². The van der Waals surface area contributed by atoms with Crippen LogP contribution >= 0.6 is 11.3 Å². The second-order valence-corrected chi connectivity index (χ2v) is 12.3. The van der Waals surface area contributed by atoms with E-state index in [1.807, 2.05) is 56.7 Å². The summed E-state index contributed by atoms with van der Waals surface area (Å²) in [5.41, 5.74) is 2.65. The highest BCUT2D eigenvalue weighted by molar-refractivity contribution is 7.09. The third kappa shape index (κ3) is 9.62. The Kier molecular flexibility index (Phi) is 11.5. The number of aryl methyl sites for hydroxylation is 1. The van der Waals surface area contributed by atoms with Crippen LogP contribution in [0.25, 0.3) is 0 Å². The molecule has 12 heteroatoms. The summed E-state index contributed by atoms with van der Waals surface area (Å²) in [5, 5.41) is 19.9. The Bertz CT molecular complexity index is 1630. The number of aromatic nitrogens is 1. The molecule has 0 fully saturated rings. The maximum Gasteiger partial charge on any atom is 0.416 e. The lowest BCUT2D eigenvalue weighted by Crippen LogP contribution is -2.48. The number of aliphatic hydroxyl groups excluding tert-OH is 1. The van der Waals surface area contributed by atoms with Crippen LogP contribution in [0, 0.1) is 6.92 Å². The van der Waals surface area contributed by atoms with E-state index in [0.29, 0.717) is 29.8 Å². The predicted octanol–water partition coefficient (Wildman–Crippen LogP) is 5.30. The van der Waals surface area contributed by atoms with Crippen molar-refractivity contribution < 1.29 is 27.9 Å². The van der Waals surface area contributed by atoms with E-state index in [1.165, 1.54) is 23.5 Å². The highest BCUT2D eigenvalue weighted by Crippen LogP contribution is 2.29. The number of benzene rings is 3. The number of hydrogen-bond acceptors (Lipinski definition) is 7. The van der Waals surface area contributed by atoms with E-state index in [4.69, 9.17) is 0 Å². The number of anilines is 1. The number of hydrogen-bond donors (Lipinski definition) is 3. The van der Waals surface area contributed by atoms with Gasteiger partial charge >= 0.3 is 6.18 Å². The van der Waals surface area contributed by atoms with E-state index in [0.717, 1.165) is 28.4 Å². The number of alkyl halides is 3. The summed E-state index contributed by atoms with van der Waals surface area (Å²) in [6, 6.07) is 18.5. The van der Waals surface area contributed by atoms with Gasteiger partial charge in [0.25, 0.3) is 11.8 Å². The van der Waals surface area contributed by atoms with Crippen molar-refractivity contribution in [3.8, 4) is 0 Å². The van der Waals surface area contributed by atoms with Gasteiger partial charge in [0.15, 0.2) is 0 Å². The van der Waals surface area contributed by atoms with Crippen molar-refractivity contribution in [2.24, 2.45) is 0 Å². The van der Waals surface area contributed by atoms with Gasteiger partial charge in [-0.25, -0.2) is 4.98 Å². The minimum absolute atomic E-state index is 0.0104. The zero-order valence-electron chi connectivity index (χ0n) is 26.1. The number of carbonyl (C=O) groups excluding carboxylic acids is 2. The van der Waals surface area contributed by atoms with Crippen molar-refractivity contribution in [3.63, 3.8) is 0 Å². The monoisotopic (exact) mass is 653 g/mol. The van der Waals surface area contributed by atoms with Crippen molar-refractivity contribution in [1.29, 1.82) is 0 Å². The molecule has 244 valence electrons. The smallest absolute Gasteiger partial charge is 0.390 e. The van der Waals surface area contributed by atoms with Crippen LogP contribution in [0.4, 0.5) is 18.9 Å². The molecule has 2 amide bonds. The van der Waals surface area contributed by atoms with Gasteiger partial charge < -0.3 is 25.5 Å². The number of carbonyl (C=O) groups is 2. The lowest BCUT2D eigenvalue weighted by Gasteiger charge is -2.26. The molecule has 0 aliphatic heterocycles. The number of nitrogens with zero attached hydrogens (tertiary/aromatic N) is 3. The Morgan fingerprint density at radius 2 is 1.65 bits per heavy atom. The van der Waals surface area contributed by atoms with Crippen LogP contribution in [-0.2, 0) is 25.7 Å². The van der Waals surface area contributed by atoms with E-state index in [9.17, 15) is 27.9 Å². The average molecular weight is 654 g/mol. The minimum atomic E-state index is -4.45. The third-order valence-electron chi connectivity index (χ3n) is 7.35. The lowest BCUT2D eigenvalue weighted by atomic mass is 9.99. The van der Waals surface area contributed by atoms with Crippen LogP contribution in [-0.4, -0.2) is 66.6 Å². The maximum absolute atomic E-state index is 13.7. The van der Waals surface area contributed by atoms with E-state index in [-0.39, 0.29) is 24.6 Å². The molecule has 0 unspecified atom stereocenters. The predicted molar refractivity (Wildman–Crippen MR) is 174 cm³/mol. The number of nitrogens with one attached hydrogen (secondary N) is 2. The molecule has 3 N–H and O–H groups in total. The van der Waals surface area contributed by atoms with Crippen LogP contribution in [0.15, 0.2) is 78.2 Å². The summed E-state index contributed by atoms with van der Waals surface area (Å²) in [6.45, 7) is 2.32. The minimum Gasteiger partial charge on any atom is -0.390 e. The van der Waals surface area contributed by atoms with Crippen molar-refractivity contribution >= 4 is 28.8 Å².